The Morgan fingerprint density at radius 2 is 0.684 bits per heavy atom. The van der Waals surface area contributed by atoms with Crippen molar-refractivity contribution in [3.8, 4) is 0 Å². The summed E-state index contributed by atoms with van der Waals surface area (Å²) in [6.07, 6.45) is 1.12. The third-order valence-corrected chi connectivity index (χ3v) is 7.89. The van der Waals surface area contributed by atoms with Crippen molar-refractivity contribution < 1.29 is 19.8 Å². The lowest BCUT2D eigenvalue weighted by molar-refractivity contribution is -0.134. The molecule has 2 N–H and O–H groups in total. The normalized spacial score (nSPS) is 10.1. The summed E-state index contributed by atoms with van der Waals surface area (Å²) in [4.78, 5) is 24.5. The highest BCUT2D eigenvalue weighted by Gasteiger charge is 2.03. The number of hydrogen-bond acceptors (Lipinski definition) is 4. The molecule has 0 radical (unpaired) electrons. The van der Waals surface area contributed by atoms with Crippen LogP contribution in [0.3, 0.4) is 0 Å². The number of carboxylic acid groups (broad SMARTS) is 2. The Kier molecular flexibility index (Phi) is 13.0. The van der Waals surface area contributed by atoms with Crippen LogP contribution in [0.15, 0.2) is 129 Å². The van der Waals surface area contributed by atoms with Crippen LogP contribution in [0, 0.1) is 27.7 Å². The van der Waals surface area contributed by atoms with Gasteiger partial charge in [-0.1, -0.05) is 96.3 Å². The van der Waals surface area contributed by atoms with Gasteiger partial charge in [0.15, 0.2) is 0 Å². The lowest BCUT2D eigenvalue weighted by Crippen LogP contribution is -1.91. The molecule has 0 fully saturated rings. The van der Waals surface area contributed by atoms with Gasteiger partial charge >= 0.3 is 11.9 Å². The molecule has 0 saturated heterocycles. The zero-order valence-corrected chi connectivity index (χ0v) is 23.6. The molecular formula is C32H32O4S2. The Labute approximate surface area is 233 Å². The van der Waals surface area contributed by atoms with Crippen molar-refractivity contribution in [1.29, 1.82) is 0 Å². The van der Waals surface area contributed by atoms with Gasteiger partial charge in [-0.15, -0.1) is 0 Å². The maximum atomic E-state index is 9.55. The quantitative estimate of drug-likeness (QED) is 0.237. The van der Waals surface area contributed by atoms with Gasteiger partial charge in [0.1, 0.15) is 0 Å². The third kappa shape index (κ3) is 11.1. The highest BCUT2D eigenvalue weighted by molar-refractivity contribution is 7.99. The van der Waals surface area contributed by atoms with Crippen LogP contribution in [0.1, 0.15) is 22.3 Å². The molecule has 0 aliphatic heterocycles. The number of carboxylic acids is 2. The second-order valence-corrected chi connectivity index (χ2v) is 10.4. The summed E-state index contributed by atoms with van der Waals surface area (Å²) in [6.45, 7) is 8.61. The minimum atomic E-state index is -1.26. The fourth-order valence-corrected chi connectivity index (χ4v) is 5.04. The molecule has 0 aromatic heterocycles. The van der Waals surface area contributed by atoms with Crippen molar-refractivity contribution in [2.45, 2.75) is 47.3 Å². The first-order valence-electron chi connectivity index (χ1n) is 11.9. The number of rotatable bonds is 6. The van der Waals surface area contributed by atoms with Crippen molar-refractivity contribution in [3.63, 3.8) is 0 Å². The van der Waals surface area contributed by atoms with Crippen LogP contribution in [0.2, 0.25) is 0 Å². The molecule has 0 atom stereocenters. The zero-order chi connectivity index (χ0) is 27.9. The van der Waals surface area contributed by atoms with E-state index in [-0.39, 0.29) is 0 Å². The number of benzene rings is 4. The fourth-order valence-electron chi connectivity index (χ4n) is 3.06. The second kappa shape index (κ2) is 16.2. The standard InChI is InChI=1S/2C14H14S.C4H4O4/c2*1-11-7-3-5-9-13(11)15-14-10-6-4-8-12(14)2;5-3(6)1-2-4(7)8/h2*3-10H,1-2H3;1-2H,(H,5,6)(H,7,8)/b;;2-1-. The molecule has 6 heteroatoms. The maximum absolute atomic E-state index is 9.55. The molecule has 0 saturated carbocycles. The SMILES string of the molecule is Cc1ccccc1Sc1ccccc1C.Cc1ccccc1Sc1ccccc1C.O=C(O)/C=C\C(=O)O. The lowest BCUT2D eigenvalue weighted by atomic mass is 10.2. The topological polar surface area (TPSA) is 74.6 Å². The first-order valence-corrected chi connectivity index (χ1v) is 13.5. The second-order valence-electron chi connectivity index (χ2n) is 8.28. The van der Waals surface area contributed by atoms with Crippen molar-refractivity contribution in [1.82, 2.24) is 0 Å². The molecule has 0 heterocycles. The van der Waals surface area contributed by atoms with Crippen molar-refractivity contribution in [2.75, 3.05) is 0 Å². The van der Waals surface area contributed by atoms with Gasteiger partial charge in [-0.3, -0.25) is 0 Å². The van der Waals surface area contributed by atoms with Gasteiger partial charge in [0.2, 0.25) is 0 Å². The summed E-state index contributed by atoms with van der Waals surface area (Å²) in [5, 5.41) is 15.6. The van der Waals surface area contributed by atoms with Gasteiger partial charge in [-0.2, -0.15) is 0 Å². The molecule has 4 aromatic carbocycles. The molecule has 0 aliphatic carbocycles. The minimum Gasteiger partial charge on any atom is -0.478 e. The van der Waals surface area contributed by atoms with E-state index in [9.17, 15) is 9.59 Å². The maximum Gasteiger partial charge on any atom is 0.328 e. The molecule has 0 spiro atoms. The van der Waals surface area contributed by atoms with Crippen molar-refractivity contribution in [3.05, 3.63) is 131 Å². The molecule has 0 bridgehead atoms. The molecule has 0 unspecified atom stereocenters. The fraction of sp³-hybridized carbons (Fsp3) is 0.125. The molecule has 0 amide bonds. The first kappa shape index (κ1) is 30.5. The minimum absolute atomic E-state index is 0.558. The van der Waals surface area contributed by atoms with Gasteiger partial charge in [0, 0.05) is 31.7 Å². The number of carbonyl (C=O) groups is 2. The molecule has 4 rings (SSSR count). The van der Waals surface area contributed by atoms with Crippen LogP contribution in [-0.4, -0.2) is 22.2 Å². The van der Waals surface area contributed by atoms with Crippen LogP contribution in [0.5, 0.6) is 0 Å². The van der Waals surface area contributed by atoms with E-state index in [2.05, 4.69) is 125 Å². The number of aryl methyl sites for hydroxylation is 4. The summed E-state index contributed by atoms with van der Waals surface area (Å²) in [5.74, 6) is -2.51. The average Bonchev–Trinajstić information content (AvgIpc) is 2.89. The van der Waals surface area contributed by atoms with E-state index in [1.807, 2.05) is 23.5 Å². The highest BCUT2D eigenvalue weighted by atomic mass is 32.2. The Morgan fingerprint density at radius 3 is 0.868 bits per heavy atom. The Hall–Kier alpha value is -3.74. The third-order valence-electron chi connectivity index (χ3n) is 5.18. The average molecular weight is 545 g/mol. The molecule has 4 nitrogen and oxygen atoms in total. The largest absolute Gasteiger partial charge is 0.478 e. The van der Waals surface area contributed by atoms with Crippen molar-refractivity contribution >= 4 is 35.5 Å². The van der Waals surface area contributed by atoms with Crippen LogP contribution >= 0.6 is 23.5 Å². The molecule has 38 heavy (non-hydrogen) atoms. The van der Waals surface area contributed by atoms with E-state index in [0.717, 1.165) is 0 Å². The molecule has 4 aromatic rings. The van der Waals surface area contributed by atoms with E-state index >= 15 is 0 Å². The van der Waals surface area contributed by atoms with Crippen LogP contribution in [0.25, 0.3) is 0 Å². The Balaban J connectivity index is 0.000000211. The molecule has 196 valence electrons. The monoisotopic (exact) mass is 544 g/mol. The van der Waals surface area contributed by atoms with E-state index < -0.39 is 11.9 Å². The Bertz CT molecular complexity index is 1190. The smallest absolute Gasteiger partial charge is 0.328 e. The van der Waals surface area contributed by atoms with Gasteiger partial charge in [-0.25, -0.2) is 9.59 Å². The summed E-state index contributed by atoms with van der Waals surface area (Å²) in [7, 11) is 0. The van der Waals surface area contributed by atoms with E-state index in [0.29, 0.717) is 12.2 Å². The van der Waals surface area contributed by atoms with Gasteiger partial charge in [0.25, 0.3) is 0 Å². The molecule has 0 aliphatic rings. The predicted octanol–water partition coefficient (Wildman–Crippen LogP) is 8.62. The number of aliphatic carboxylic acids is 2. The highest BCUT2D eigenvalue weighted by Crippen LogP contribution is 2.32. The van der Waals surface area contributed by atoms with Crippen LogP contribution < -0.4 is 0 Å². The zero-order valence-electron chi connectivity index (χ0n) is 21.9. The van der Waals surface area contributed by atoms with E-state index in [1.54, 1.807) is 0 Å². The molecular weight excluding hydrogens is 512 g/mol. The van der Waals surface area contributed by atoms with Crippen molar-refractivity contribution in [2.24, 2.45) is 0 Å². The summed E-state index contributed by atoms with van der Waals surface area (Å²) in [5.41, 5.74) is 5.35. The van der Waals surface area contributed by atoms with E-state index in [1.165, 1.54) is 41.8 Å². The van der Waals surface area contributed by atoms with Crippen LogP contribution in [0.4, 0.5) is 0 Å². The lowest BCUT2D eigenvalue weighted by Gasteiger charge is -2.07. The summed E-state index contributed by atoms with van der Waals surface area (Å²) in [6, 6.07) is 34.0. The van der Waals surface area contributed by atoms with Crippen LogP contribution in [-0.2, 0) is 9.59 Å². The summed E-state index contributed by atoms with van der Waals surface area (Å²) < 4.78 is 0. The first-order chi connectivity index (χ1) is 18.2. The van der Waals surface area contributed by atoms with Gasteiger partial charge in [-0.05, 0) is 74.2 Å². The van der Waals surface area contributed by atoms with Gasteiger partial charge < -0.3 is 10.2 Å². The predicted molar refractivity (Wildman–Crippen MR) is 157 cm³/mol. The summed E-state index contributed by atoms with van der Waals surface area (Å²) >= 11 is 3.68. The van der Waals surface area contributed by atoms with Gasteiger partial charge in [0.05, 0.1) is 0 Å². The Morgan fingerprint density at radius 1 is 0.474 bits per heavy atom. The number of hydrogen-bond donors (Lipinski definition) is 2. The van der Waals surface area contributed by atoms with E-state index in [4.69, 9.17) is 10.2 Å².